The minimum absolute atomic E-state index is 0.189. The van der Waals surface area contributed by atoms with Crippen molar-refractivity contribution in [3.8, 4) is 0 Å². The molecule has 1 fully saturated rings. The number of rotatable bonds is 5. The normalized spacial score (nSPS) is 19.7. The average molecular weight is 367 g/mol. The molecule has 140 valence electrons. The largest absolute Gasteiger partial charge is 0.393 e. The van der Waals surface area contributed by atoms with Gasteiger partial charge in [0.2, 0.25) is 11.9 Å². The van der Waals surface area contributed by atoms with Gasteiger partial charge in [-0.1, -0.05) is 6.07 Å². The summed E-state index contributed by atoms with van der Waals surface area (Å²) < 4.78 is 1.73. The molecule has 0 atom stereocenters. The van der Waals surface area contributed by atoms with E-state index in [1.54, 1.807) is 16.8 Å². The summed E-state index contributed by atoms with van der Waals surface area (Å²) in [5, 5.41) is 20.7. The lowest BCUT2D eigenvalue weighted by Gasteiger charge is -2.26. The molecule has 0 aromatic carbocycles. The van der Waals surface area contributed by atoms with Gasteiger partial charge in [0.15, 0.2) is 5.65 Å². The monoisotopic (exact) mass is 367 g/mol. The van der Waals surface area contributed by atoms with Crippen molar-refractivity contribution >= 4 is 29.0 Å². The number of anilines is 3. The fraction of sp³-hybridized carbons (Fsp3) is 0.333. The van der Waals surface area contributed by atoms with Crippen LogP contribution in [0.5, 0.6) is 0 Å². The zero-order valence-electron chi connectivity index (χ0n) is 14.7. The number of pyridine rings is 2. The van der Waals surface area contributed by atoms with E-state index in [0.29, 0.717) is 28.9 Å². The zero-order chi connectivity index (χ0) is 18.8. The summed E-state index contributed by atoms with van der Waals surface area (Å²) in [7, 11) is 0. The Hall–Kier alpha value is -3.20. The van der Waals surface area contributed by atoms with Crippen molar-refractivity contribution in [1.29, 1.82) is 0 Å². The lowest BCUT2D eigenvalue weighted by atomic mass is 9.93. The van der Waals surface area contributed by atoms with E-state index in [2.05, 4.69) is 25.7 Å². The highest BCUT2D eigenvalue weighted by Gasteiger charge is 2.20. The van der Waals surface area contributed by atoms with Crippen LogP contribution < -0.4 is 16.4 Å². The van der Waals surface area contributed by atoms with Crippen LogP contribution in [-0.4, -0.2) is 42.7 Å². The number of hydrogen-bond acceptors (Lipinski definition) is 7. The first-order chi connectivity index (χ1) is 13.1. The Morgan fingerprint density at radius 2 is 2.04 bits per heavy atom. The van der Waals surface area contributed by atoms with Crippen LogP contribution in [0.15, 0.2) is 36.7 Å². The fourth-order valence-corrected chi connectivity index (χ4v) is 3.27. The second-order valence-corrected chi connectivity index (χ2v) is 6.72. The van der Waals surface area contributed by atoms with Crippen LogP contribution >= 0.6 is 0 Å². The number of carbonyl (C=O) groups is 1. The summed E-state index contributed by atoms with van der Waals surface area (Å²) in [5.74, 6) is 0.698. The predicted octanol–water partition coefficient (Wildman–Crippen LogP) is 1.68. The molecule has 0 spiro atoms. The predicted molar refractivity (Wildman–Crippen MR) is 101 cm³/mol. The second-order valence-electron chi connectivity index (χ2n) is 6.72. The van der Waals surface area contributed by atoms with Crippen LogP contribution in [0.1, 0.15) is 36.0 Å². The van der Waals surface area contributed by atoms with E-state index in [9.17, 15) is 9.90 Å². The average Bonchev–Trinajstić information content (AvgIpc) is 3.07. The van der Waals surface area contributed by atoms with Crippen molar-refractivity contribution in [2.75, 3.05) is 10.6 Å². The van der Waals surface area contributed by atoms with E-state index in [1.807, 2.05) is 18.2 Å². The van der Waals surface area contributed by atoms with E-state index >= 15 is 0 Å². The molecule has 9 heteroatoms. The molecule has 3 aromatic rings. The van der Waals surface area contributed by atoms with Gasteiger partial charge in [0, 0.05) is 12.2 Å². The summed E-state index contributed by atoms with van der Waals surface area (Å²) in [4.78, 5) is 19.8. The molecule has 0 radical (unpaired) electrons. The molecule has 1 saturated carbocycles. The molecule has 4 rings (SSSR count). The van der Waals surface area contributed by atoms with Crippen LogP contribution in [0.2, 0.25) is 0 Å². The molecule has 0 saturated heterocycles. The maximum absolute atomic E-state index is 11.3. The first kappa shape index (κ1) is 17.2. The van der Waals surface area contributed by atoms with Crippen molar-refractivity contribution < 1.29 is 9.90 Å². The highest BCUT2D eigenvalue weighted by molar-refractivity contribution is 5.93. The van der Waals surface area contributed by atoms with Gasteiger partial charge in [-0.2, -0.15) is 9.50 Å². The van der Waals surface area contributed by atoms with Gasteiger partial charge in [0.25, 0.3) is 0 Å². The van der Waals surface area contributed by atoms with Gasteiger partial charge in [0.1, 0.15) is 5.82 Å². The maximum atomic E-state index is 11.3. The molecule has 1 aliphatic rings. The number of carbonyl (C=O) groups excluding carboxylic acids is 1. The molecular formula is C18H21N7O2. The van der Waals surface area contributed by atoms with Gasteiger partial charge in [-0.25, -0.2) is 0 Å². The summed E-state index contributed by atoms with van der Waals surface area (Å²) in [5.41, 5.74) is 6.87. The highest BCUT2D eigenvalue weighted by Crippen LogP contribution is 2.23. The molecule has 1 amide bonds. The van der Waals surface area contributed by atoms with Crippen molar-refractivity contribution in [2.45, 2.75) is 37.8 Å². The van der Waals surface area contributed by atoms with E-state index in [4.69, 9.17) is 5.73 Å². The summed E-state index contributed by atoms with van der Waals surface area (Å²) in [6.07, 6.45) is 6.25. The Bertz CT molecular complexity index is 963. The Balaban J connectivity index is 1.55. The zero-order valence-corrected chi connectivity index (χ0v) is 14.7. The van der Waals surface area contributed by atoms with E-state index in [1.165, 1.54) is 6.20 Å². The molecule has 0 aliphatic heterocycles. The third kappa shape index (κ3) is 3.82. The summed E-state index contributed by atoms with van der Waals surface area (Å²) >= 11 is 0. The fourth-order valence-electron chi connectivity index (χ4n) is 3.27. The molecule has 3 heterocycles. The SMILES string of the molecule is NC(=O)c1cncc(Nc2nc3cccc(NC4CCC(O)CC4)n3n2)c1. The van der Waals surface area contributed by atoms with Crippen molar-refractivity contribution in [1.82, 2.24) is 19.6 Å². The standard InChI is InChI=1S/C18H21N7O2/c19-17(27)11-8-13(10-20-9-11)22-18-23-16-3-1-2-15(25(16)24-18)21-12-4-6-14(26)7-5-12/h1-3,8-10,12,14,21,26H,4-7H2,(H2,19,27)(H,22,24). The maximum Gasteiger partial charge on any atom is 0.250 e. The van der Waals surface area contributed by atoms with Crippen LogP contribution in [0.3, 0.4) is 0 Å². The van der Waals surface area contributed by atoms with Gasteiger partial charge in [0.05, 0.1) is 23.6 Å². The van der Waals surface area contributed by atoms with Crippen molar-refractivity contribution in [2.24, 2.45) is 5.73 Å². The number of aromatic nitrogens is 4. The summed E-state index contributed by atoms with van der Waals surface area (Å²) in [6, 6.07) is 7.64. The smallest absolute Gasteiger partial charge is 0.250 e. The van der Waals surface area contributed by atoms with E-state index in [-0.39, 0.29) is 6.10 Å². The molecule has 27 heavy (non-hydrogen) atoms. The van der Waals surface area contributed by atoms with Crippen LogP contribution in [-0.2, 0) is 0 Å². The van der Waals surface area contributed by atoms with Crippen LogP contribution in [0.4, 0.5) is 17.5 Å². The van der Waals surface area contributed by atoms with Crippen LogP contribution in [0.25, 0.3) is 5.65 Å². The third-order valence-electron chi connectivity index (χ3n) is 4.69. The topological polar surface area (TPSA) is 130 Å². The van der Waals surface area contributed by atoms with E-state index < -0.39 is 5.91 Å². The minimum atomic E-state index is -0.543. The number of amides is 1. The molecule has 1 aliphatic carbocycles. The van der Waals surface area contributed by atoms with Gasteiger partial charge in [-0.05, 0) is 43.9 Å². The van der Waals surface area contributed by atoms with Gasteiger partial charge in [-0.15, -0.1) is 5.10 Å². The number of aliphatic hydroxyl groups excluding tert-OH is 1. The molecular weight excluding hydrogens is 346 g/mol. The first-order valence-corrected chi connectivity index (χ1v) is 8.91. The molecule has 5 N–H and O–H groups in total. The minimum Gasteiger partial charge on any atom is -0.393 e. The number of fused-ring (bicyclic) bond motifs is 1. The molecule has 3 aromatic heterocycles. The Morgan fingerprint density at radius 1 is 1.22 bits per heavy atom. The molecule has 9 nitrogen and oxygen atoms in total. The Labute approximate surface area is 155 Å². The first-order valence-electron chi connectivity index (χ1n) is 8.91. The number of primary amides is 1. The number of nitrogens with zero attached hydrogens (tertiary/aromatic N) is 4. The summed E-state index contributed by atoms with van der Waals surface area (Å²) in [6.45, 7) is 0. The lowest BCUT2D eigenvalue weighted by Crippen LogP contribution is -2.29. The van der Waals surface area contributed by atoms with Crippen molar-refractivity contribution in [3.05, 3.63) is 42.2 Å². The van der Waals surface area contributed by atoms with Gasteiger partial charge < -0.3 is 21.5 Å². The van der Waals surface area contributed by atoms with E-state index in [0.717, 1.165) is 31.5 Å². The highest BCUT2D eigenvalue weighted by atomic mass is 16.3. The quantitative estimate of drug-likeness (QED) is 0.540. The Morgan fingerprint density at radius 3 is 2.81 bits per heavy atom. The number of aliphatic hydroxyl groups is 1. The lowest BCUT2D eigenvalue weighted by molar-refractivity contribution is 0.1000. The Kier molecular flexibility index (Phi) is 4.59. The number of hydrogen-bond donors (Lipinski definition) is 4. The molecule has 0 unspecified atom stereocenters. The number of nitrogens with one attached hydrogen (secondary N) is 2. The number of nitrogens with two attached hydrogens (primary N) is 1. The third-order valence-corrected chi connectivity index (χ3v) is 4.69. The van der Waals surface area contributed by atoms with Crippen LogP contribution in [0, 0.1) is 0 Å². The van der Waals surface area contributed by atoms with Gasteiger partial charge >= 0.3 is 0 Å². The molecule has 0 bridgehead atoms. The second kappa shape index (κ2) is 7.20. The van der Waals surface area contributed by atoms with Gasteiger partial charge in [-0.3, -0.25) is 9.78 Å². The van der Waals surface area contributed by atoms with Crippen molar-refractivity contribution in [3.63, 3.8) is 0 Å².